The molecule has 2 bridgehead atoms. The van der Waals surface area contributed by atoms with Gasteiger partial charge in [0.25, 0.3) is 0 Å². The standard InChI is InChI=1S/C22H26N4O2/c1-2-16-7-3-4-9-20(16)24-22(28)25-13-17-10-11-19(15-25)26(21(17)27)14-18-8-5-6-12-23-18/h3-9,12,17,19H,2,10-11,13-15H2,1H3,(H,24,28)/t17-,19+/m1/s1. The van der Waals surface area contributed by atoms with E-state index in [0.717, 1.165) is 36.2 Å². The van der Waals surface area contributed by atoms with Crippen LogP contribution >= 0.6 is 0 Å². The van der Waals surface area contributed by atoms with Crippen molar-refractivity contribution in [3.63, 3.8) is 0 Å². The lowest BCUT2D eigenvalue weighted by atomic mass is 9.94. The van der Waals surface area contributed by atoms with Gasteiger partial charge >= 0.3 is 6.03 Å². The van der Waals surface area contributed by atoms with E-state index in [4.69, 9.17) is 0 Å². The number of hydrogen-bond acceptors (Lipinski definition) is 3. The Bertz CT molecular complexity index is 855. The summed E-state index contributed by atoms with van der Waals surface area (Å²) in [4.78, 5) is 34.0. The number of carbonyl (C=O) groups is 2. The Labute approximate surface area is 165 Å². The molecule has 0 spiro atoms. The number of anilines is 1. The number of aromatic nitrogens is 1. The van der Waals surface area contributed by atoms with Crippen LogP contribution in [0.2, 0.25) is 0 Å². The molecule has 0 radical (unpaired) electrons. The summed E-state index contributed by atoms with van der Waals surface area (Å²) in [5, 5.41) is 3.05. The summed E-state index contributed by atoms with van der Waals surface area (Å²) in [5.41, 5.74) is 2.85. The van der Waals surface area contributed by atoms with Crippen LogP contribution in [0.15, 0.2) is 48.7 Å². The fourth-order valence-corrected chi connectivity index (χ4v) is 4.23. The second-order valence-corrected chi connectivity index (χ2v) is 7.56. The molecule has 146 valence electrons. The highest BCUT2D eigenvalue weighted by molar-refractivity contribution is 5.91. The van der Waals surface area contributed by atoms with Crippen molar-refractivity contribution in [1.82, 2.24) is 14.8 Å². The molecule has 3 aliphatic heterocycles. The lowest BCUT2D eigenvalue weighted by Crippen LogP contribution is -2.47. The molecule has 0 saturated carbocycles. The SMILES string of the molecule is CCc1ccccc1NC(=O)N1C[C@H]2CC[C@@H](C1)N(Cc1ccccn1)C2=O. The first-order chi connectivity index (χ1) is 13.7. The molecule has 3 fully saturated rings. The van der Waals surface area contributed by atoms with Crippen molar-refractivity contribution >= 4 is 17.6 Å². The predicted octanol–water partition coefficient (Wildman–Crippen LogP) is 3.30. The molecule has 0 unspecified atom stereocenters. The van der Waals surface area contributed by atoms with Crippen molar-refractivity contribution in [2.24, 2.45) is 5.92 Å². The minimum absolute atomic E-state index is 0.0421. The predicted molar refractivity (Wildman–Crippen MR) is 108 cm³/mol. The van der Waals surface area contributed by atoms with Crippen molar-refractivity contribution in [1.29, 1.82) is 0 Å². The smallest absolute Gasteiger partial charge is 0.321 e. The van der Waals surface area contributed by atoms with Gasteiger partial charge < -0.3 is 15.1 Å². The summed E-state index contributed by atoms with van der Waals surface area (Å²) < 4.78 is 0. The minimum Gasteiger partial charge on any atom is -0.332 e. The number of rotatable bonds is 4. The number of para-hydroxylation sites is 1. The number of carbonyl (C=O) groups excluding carboxylic acids is 2. The second kappa shape index (κ2) is 8.00. The fourth-order valence-electron chi connectivity index (χ4n) is 4.23. The van der Waals surface area contributed by atoms with E-state index in [9.17, 15) is 9.59 Å². The molecule has 3 aliphatic rings. The van der Waals surface area contributed by atoms with E-state index in [-0.39, 0.29) is 23.9 Å². The van der Waals surface area contributed by atoms with Crippen LogP contribution in [0.5, 0.6) is 0 Å². The highest BCUT2D eigenvalue weighted by Gasteiger charge is 2.42. The van der Waals surface area contributed by atoms with Crippen molar-refractivity contribution in [2.45, 2.75) is 38.8 Å². The third kappa shape index (κ3) is 3.72. The molecule has 4 heterocycles. The van der Waals surface area contributed by atoms with Gasteiger partial charge in [0, 0.05) is 31.0 Å². The van der Waals surface area contributed by atoms with Crippen LogP contribution in [0.25, 0.3) is 0 Å². The van der Waals surface area contributed by atoms with Crippen LogP contribution in [0.1, 0.15) is 31.0 Å². The lowest BCUT2D eigenvalue weighted by Gasteiger charge is -2.35. The van der Waals surface area contributed by atoms with Gasteiger partial charge in [-0.2, -0.15) is 0 Å². The average molecular weight is 378 g/mol. The highest BCUT2D eigenvalue weighted by atomic mass is 16.2. The summed E-state index contributed by atoms with van der Waals surface area (Å²) in [6.07, 6.45) is 4.38. The first-order valence-electron chi connectivity index (χ1n) is 10.00. The molecule has 3 saturated heterocycles. The van der Waals surface area contributed by atoms with Crippen LogP contribution in [0.3, 0.4) is 0 Å². The van der Waals surface area contributed by atoms with Crippen molar-refractivity contribution in [3.8, 4) is 0 Å². The maximum Gasteiger partial charge on any atom is 0.321 e. The van der Waals surface area contributed by atoms with Crippen LogP contribution in [0.4, 0.5) is 10.5 Å². The third-order valence-corrected chi connectivity index (χ3v) is 5.78. The molecule has 1 N–H and O–H groups in total. The Kier molecular flexibility index (Phi) is 5.28. The van der Waals surface area contributed by atoms with Gasteiger partial charge in [0.2, 0.25) is 5.91 Å². The Morgan fingerprint density at radius 3 is 2.75 bits per heavy atom. The largest absolute Gasteiger partial charge is 0.332 e. The maximum absolute atomic E-state index is 13.0. The van der Waals surface area contributed by atoms with Crippen LogP contribution < -0.4 is 5.32 Å². The number of piperidine rings is 1. The summed E-state index contributed by atoms with van der Waals surface area (Å²) in [6.45, 7) is 3.63. The van der Waals surface area contributed by atoms with Gasteiger partial charge in [0.05, 0.1) is 18.2 Å². The molecule has 3 amide bonds. The van der Waals surface area contributed by atoms with Gasteiger partial charge in [-0.05, 0) is 43.0 Å². The summed E-state index contributed by atoms with van der Waals surface area (Å²) in [7, 11) is 0. The van der Waals surface area contributed by atoms with Gasteiger partial charge in [0.1, 0.15) is 0 Å². The molecule has 1 aromatic carbocycles. The van der Waals surface area contributed by atoms with Gasteiger partial charge in [-0.1, -0.05) is 31.2 Å². The average Bonchev–Trinajstić information content (AvgIpc) is 3.02. The molecule has 2 aromatic rings. The molecular weight excluding hydrogens is 352 g/mol. The topological polar surface area (TPSA) is 65.5 Å². The van der Waals surface area contributed by atoms with Crippen molar-refractivity contribution in [3.05, 3.63) is 59.9 Å². The van der Waals surface area contributed by atoms with Gasteiger partial charge in [-0.15, -0.1) is 0 Å². The van der Waals surface area contributed by atoms with E-state index in [1.165, 1.54) is 0 Å². The summed E-state index contributed by atoms with van der Waals surface area (Å²) in [5.74, 6) is 0.0146. The van der Waals surface area contributed by atoms with Gasteiger partial charge in [0.15, 0.2) is 0 Å². The summed E-state index contributed by atoms with van der Waals surface area (Å²) >= 11 is 0. The van der Waals surface area contributed by atoms with Crippen LogP contribution in [-0.2, 0) is 17.8 Å². The van der Waals surface area contributed by atoms with Crippen LogP contribution in [0, 0.1) is 5.92 Å². The van der Waals surface area contributed by atoms with E-state index < -0.39 is 0 Å². The zero-order chi connectivity index (χ0) is 19.5. The molecule has 6 nitrogen and oxygen atoms in total. The Morgan fingerprint density at radius 1 is 1.14 bits per heavy atom. The number of hydrogen-bond donors (Lipinski definition) is 1. The Hall–Kier alpha value is -2.89. The first-order valence-corrected chi connectivity index (χ1v) is 10.00. The first kappa shape index (κ1) is 18.5. The zero-order valence-corrected chi connectivity index (χ0v) is 16.2. The zero-order valence-electron chi connectivity index (χ0n) is 16.2. The molecule has 5 rings (SSSR count). The number of nitrogens with zero attached hydrogens (tertiary/aromatic N) is 3. The number of fused-ring (bicyclic) bond motifs is 4. The summed E-state index contributed by atoms with van der Waals surface area (Å²) in [6, 6.07) is 13.5. The van der Waals surface area contributed by atoms with E-state index >= 15 is 0 Å². The van der Waals surface area contributed by atoms with Crippen molar-refractivity contribution in [2.75, 3.05) is 18.4 Å². The van der Waals surface area contributed by atoms with Gasteiger partial charge in [-0.25, -0.2) is 4.79 Å². The van der Waals surface area contributed by atoms with E-state index in [0.29, 0.717) is 19.6 Å². The molecule has 6 heteroatoms. The van der Waals surface area contributed by atoms with E-state index in [2.05, 4.69) is 17.2 Å². The van der Waals surface area contributed by atoms with Crippen molar-refractivity contribution < 1.29 is 9.59 Å². The lowest BCUT2D eigenvalue weighted by molar-refractivity contribution is -0.140. The van der Waals surface area contributed by atoms with E-state index in [1.54, 1.807) is 6.20 Å². The number of pyridine rings is 1. The monoisotopic (exact) mass is 378 g/mol. The Morgan fingerprint density at radius 2 is 1.96 bits per heavy atom. The van der Waals surface area contributed by atoms with E-state index in [1.807, 2.05) is 52.3 Å². The molecular formula is C22H26N4O2. The fraction of sp³-hybridized carbons (Fsp3) is 0.409. The van der Waals surface area contributed by atoms with Gasteiger partial charge in [-0.3, -0.25) is 9.78 Å². The Balaban J connectivity index is 1.49. The highest BCUT2D eigenvalue weighted by Crippen LogP contribution is 2.30. The number of amides is 3. The number of aryl methyl sites for hydroxylation is 1. The third-order valence-electron chi connectivity index (χ3n) is 5.78. The molecule has 28 heavy (non-hydrogen) atoms. The van der Waals surface area contributed by atoms with Crippen LogP contribution in [-0.4, -0.2) is 45.9 Å². The number of nitrogens with one attached hydrogen (secondary N) is 1. The molecule has 0 aliphatic carbocycles. The quantitative estimate of drug-likeness (QED) is 0.888. The normalized spacial score (nSPS) is 21.5. The number of urea groups is 1. The molecule has 1 aromatic heterocycles. The molecule has 2 atom stereocenters. The maximum atomic E-state index is 13.0. The minimum atomic E-state index is -0.130. The number of benzene rings is 1. The second-order valence-electron chi connectivity index (χ2n) is 7.56.